The second-order valence-electron chi connectivity index (χ2n) is 9.60. The molecule has 3 rings (SSSR count). The molecule has 36 heavy (non-hydrogen) atoms. The second-order valence-corrected chi connectivity index (χ2v) is 9.60. The van der Waals surface area contributed by atoms with Crippen LogP contribution in [0.2, 0.25) is 0 Å². The van der Waals surface area contributed by atoms with Crippen LogP contribution in [0.3, 0.4) is 0 Å². The Bertz CT molecular complexity index is 1160. The summed E-state index contributed by atoms with van der Waals surface area (Å²) in [5, 5.41) is 2.70. The summed E-state index contributed by atoms with van der Waals surface area (Å²) in [6, 6.07) is 11.8. The molecule has 1 amide bonds. The highest BCUT2D eigenvalue weighted by Gasteiger charge is 2.38. The number of benzene rings is 2. The molecule has 0 spiro atoms. The minimum Gasteiger partial charge on any atom is -0.497 e. The molecule has 1 aliphatic rings. The molecule has 0 radical (unpaired) electrons. The Hall–Kier alpha value is -3.81. The zero-order valence-corrected chi connectivity index (χ0v) is 21.9. The summed E-state index contributed by atoms with van der Waals surface area (Å²) in [5.41, 5.74) is 2.90. The third-order valence-corrected chi connectivity index (χ3v) is 6.42. The van der Waals surface area contributed by atoms with E-state index in [1.165, 1.54) is 20.3 Å². The molecule has 1 unspecified atom stereocenters. The molecule has 0 saturated heterocycles. The zero-order chi connectivity index (χ0) is 26.6. The molecule has 8 nitrogen and oxygen atoms in total. The van der Waals surface area contributed by atoms with Crippen LogP contribution in [0.1, 0.15) is 43.6 Å². The third kappa shape index (κ3) is 5.53. The van der Waals surface area contributed by atoms with Crippen molar-refractivity contribution < 1.29 is 28.6 Å². The predicted octanol–water partition coefficient (Wildman–Crippen LogP) is 3.88. The van der Waals surface area contributed by atoms with Gasteiger partial charge >= 0.3 is 5.97 Å². The predicted molar refractivity (Wildman–Crippen MR) is 138 cm³/mol. The van der Waals surface area contributed by atoms with Crippen molar-refractivity contribution >= 4 is 23.3 Å². The molecule has 0 bridgehead atoms. The van der Waals surface area contributed by atoms with Crippen molar-refractivity contribution in [3.05, 3.63) is 65.4 Å². The monoisotopic (exact) mass is 494 g/mol. The summed E-state index contributed by atoms with van der Waals surface area (Å²) in [6.45, 7) is 7.26. The fourth-order valence-corrected chi connectivity index (χ4v) is 4.35. The summed E-state index contributed by atoms with van der Waals surface area (Å²) in [5.74, 6) is -0.868. The first-order valence-corrected chi connectivity index (χ1v) is 11.8. The number of allylic oxidation sites excluding steroid dienone is 1. The maximum absolute atomic E-state index is 12.9. The molecule has 1 aliphatic heterocycles. The standard InChI is InChI=1S/C28H34N2O6/c1-17(2)25(29-26(32)18-12-20(34-6)15-21(13-18)35-7)27(33)36-16-19(31)14-24-28(3,4)22-10-8-9-11-23(22)30(24)5/h8-15,17,25H,16H2,1-7H3,(H,29,32). The highest BCUT2D eigenvalue weighted by molar-refractivity contribution is 5.98. The van der Waals surface area contributed by atoms with Crippen molar-refractivity contribution in [3.63, 3.8) is 0 Å². The molecule has 1 atom stereocenters. The van der Waals surface area contributed by atoms with E-state index in [4.69, 9.17) is 14.2 Å². The molecule has 2 aromatic rings. The Balaban J connectivity index is 1.68. The van der Waals surface area contributed by atoms with Crippen LogP contribution in [0, 0.1) is 5.92 Å². The number of anilines is 1. The van der Waals surface area contributed by atoms with Crippen molar-refractivity contribution in [1.82, 2.24) is 5.32 Å². The Morgan fingerprint density at radius 2 is 1.64 bits per heavy atom. The van der Waals surface area contributed by atoms with Gasteiger partial charge in [0.25, 0.3) is 5.91 Å². The minimum atomic E-state index is -0.940. The third-order valence-electron chi connectivity index (χ3n) is 6.42. The lowest BCUT2D eigenvalue weighted by molar-refractivity contribution is -0.150. The lowest BCUT2D eigenvalue weighted by atomic mass is 9.83. The number of likely N-dealkylation sites (N-methyl/N-ethyl adjacent to an activating group) is 1. The van der Waals surface area contributed by atoms with Gasteiger partial charge in [-0.15, -0.1) is 0 Å². The molecule has 0 aromatic heterocycles. The van der Waals surface area contributed by atoms with Crippen molar-refractivity contribution in [3.8, 4) is 11.5 Å². The fourth-order valence-electron chi connectivity index (χ4n) is 4.35. The maximum Gasteiger partial charge on any atom is 0.329 e. The van der Waals surface area contributed by atoms with Gasteiger partial charge in [0.15, 0.2) is 12.4 Å². The van der Waals surface area contributed by atoms with E-state index in [-0.39, 0.29) is 22.7 Å². The zero-order valence-electron chi connectivity index (χ0n) is 21.9. The molecule has 8 heteroatoms. The fraction of sp³-hybridized carbons (Fsp3) is 0.393. The van der Waals surface area contributed by atoms with Gasteiger partial charge in [-0.2, -0.15) is 0 Å². The normalized spacial score (nSPS) is 15.9. The van der Waals surface area contributed by atoms with Crippen molar-refractivity contribution in [2.24, 2.45) is 5.92 Å². The molecule has 192 valence electrons. The highest BCUT2D eigenvalue weighted by atomic mass is 16.5. The van der Waals surface area contributed by atoms with E-state index in [0.717, 1.165) is 16.9 Å². The van der Waals surface area contributed by atoms with Crippen LogP contribution in [-0.2, 0) is 19.7 Å². The summed E-state index contributed by atoms with van der Waals surface area (Å²) in [7, 11) is 4.89. The largest absolute Gasteiger partial charge is 0.497 e. The number of ketones is 1. The van der Waals surface area contributed by atoms with Gasteiger partial charge < -0.3 is 24.4 Å². The number of nitrogens with zero attached hydrogens (tertiary/aromatic N) is 1. The number of esters is 1. The average molecular weight is 495 g/mol. The maximum atomic E-state index is 12.9. The van der Waals surface area contributed by atoms with E-state index >= 15 is 0 Å². The number of methoxy groups -OCH3 is 2. The molecule has 1 N–H and O–H groups in total. The number of ether oxygens (including phenoxy) is 3. The van der Waals surface area contributed by atoms with Gasteiger partial charge in [-0.25, -0.2) is 4.79 Å². The number of nitrogens with one attached hydrogen (secondary N) is 1. The SMILES string of the molecule is COc1cc(OC)cc(C(=O)NC(C(=O)OCC(=O)C=C2N(C)c3ccccc3C2(C)C)C(C)C)c1. The van der Waals surface area contributed by atoms with Crippen LogP contribution in [0.25, 0.3) is 0 Å². The van der Waals surface area contributed by atoms with Crippen LogP contribution in [-0.4, -0.2) is 51.6 Å². The Morgan fingerprint density at radius 1 is 1.03 bits per heavy atom. The van der Waals surface area contributed by atoms with Gasteiger partial charge in [0.1, 0.15) is 17.5 Å². The Morgan fingerprint density at radius 3 is 2.19 bits per heavy atom. The van der Waals surface area contributed by atoms with Crippen molar-refractivity contribution in [1.29, 1.82) is 0 Å². The molecule has 0 fully saturated rings. The molecule has 0 aliphatic carbocycles. The number of hydrogen-bond donors (Lipinski definition) is 1. The van der Waals surface area contributed by atoms with Gasteiger partial charge in [-0.1, -0.05) is 45.9 Å². The summed E-state index contributed by atoms with van der Waals surface area (Å²) in [4.78, 5) is 40.5. The van der Waals surface area contributed by atoms with Gasteiger partial charge in [0.2, 0.25) is 0 Å². The lowest BCUT2D eigenvalue weighted by Crippen LogP contribution is -2.45. The topological polar surface area (TPSA) is 94.2 Å². The van der Waals surface area contributed by atoms with Crippen LogP contribution >= 0.6 is 0 Å². The number of amides is 1. The number of carbonyl (C=O) groups excluding carboxylic acids is 3. The highest BCUT2D eigenvalue weighted by Crippen LogP contribution is 2.46. The van der Waals surface area contributed by atoms with Crippen LogP contribution in [0.15, 0.2) is 54.2 Å². The Kier molecular flexibility index (Phi) is 8.07. The van der Waals surface area contributed by atoms with Gasteiger partial charge in [-0.3, -0.25) is 9.59 Å². The molecule has 0 saturated carbocycles. The van der Waals surface area contributed by atoms with Crippen LogP contribution in [0.4, 0.5) is 5.69 Å². The smallest absolute Gasteiger partial charge is 0.329 e. The van der Waals surface area contributed by atoms with E-state index in [1.807, 2.05) is 36.2 Å². The number of rotatable bonds is 9. The van der Waals surface area contributed by atoms with E-state index in [2.05, 4.69) is 19.2 Å². The van der Waals surface area contributed by atoms with E-state index in [0.29, 0.717) is 11.5 Å². The summed E-state index contributed by atoms with van der Waals surface area (Å²) >= 11 is 0. The first-order valence-electron chi connectivity index (χ1n) is 11.8. The van der Waals surface area contributed by atoms with Gasteiger partial charge in [0.05, 0.1) is 14.2 Å². The molecule has 1 heterocycles. The molecular weight excluding hydrogens is 460 g/mol. The van der Waals surface area contributed by atoms with E-state index in [1.54, 1.807) is 32.0 Å². The average Bonchev–Trinajstić information content (AvgIpc) is 3.05. The Labute approximate surface area is 212 Å². The number of fused-ring (bicyclic) bond motifs is 1. The van der Waals surface area contributed by atoms with Crippen molar-refractivity contribution in [2.45, 2.75) is 39.2 Å². The number of hydrogen-bond acceptors (Lipinski definition) is 7. The lowest BCUT2D eigenvalue weighted by Gasteiger charge is -2.24. The molecule has 2 aromatic carbocycles. The van der Waals surface area contributed by atoms with Crippen LogP contribution < -0.4 is 19.7 Å². The van der Waals surface area contributed by atoms with Gasteiger partial charge in [0, 0.05) is 41.6 Å². The second kappa shape index (κ2) is 10.8. The van der Waals surface area contributed by atoms with E-state index < -0.39 is 24.5 Å². The minimum absolute atomic E-state index is 0.267. The first-order chi connectivity index (χ1) is 17.0. The summed E-state index contributed by atoms with van der Waals surface area (Å²) < 4.78 is 15.8. The summed E-state index contributed by atoms with van der Waals surface area (Å²) in [6.07, 6.45) is 1.53. The van der Waals surface area contributed by atoms with Crippen LogP contribution in [0.5, 0.6) is 11.5 Å². The van der Waals surface area contributed by atoms with E-state index in [9.17, 15) is 14.4 Å². The van der Waals surface area contributed by atoms with Gasteiger partial charge in [-0.05, 0) is 29.7 Å². The molecular formula is C28H34N2O6. The quantitative estimate of drug-likeness (QED) is 0.418. The van der Waals surface area contributed by atoms with Crippen molar-refractivity contribution in [2.75, 3.05) is 32.8 Å². The first kappa shape index (κ1) is 26.8. The number of carbonyl (C=O) groups is 3. The number of para-hydroxylation sites is 1.